The fourth-order valence-corrected chi connectivity index (χ4v) is 4.48. The summed E-state index contributed by atoms with van der Waals surface area (Å²) >= 11 is 0. The van der Waals surface area contributed by atoms with Crippen molar-refractivity contribution in [3.8, 4) is 11.5 Å². The van der Waals surface area contributed by atoms with E-state index in [4.69, 9.17) is 9.47 Å². The van der Waals surface area contributed by atoms with Gasteiger partial charge < -0.3 is 14.8 Å². The van der Waals surface area contributed by atoms with Gasteiger partial charge in [-0.1, -0.05) is 43.7 Å². The van der Waals surface area contributed by atoms with Crippen molar-refractivity contribution in [3.05, 3.63) is 89.5 Å². The Labute approximate surface area is 200 Å². The Balaban J connectivity index is 1.88. The van der Waals surface area contributed by atoms with Crippen LogP contribution in [-0.4, -0.2) is 32.6 Å². The summed E-state index contributed by atoms with van der Waals surface area (Å²) in [6, 6.07) is 21.8. The zero-order valence-electron chi connectivity index (χ0n) is 19.8. The first kappa shape index (κ1) is 23.4. The van der Waals surface area contributed by atoms with Crippen LogP contribution in [0.5, 0.6) is 11.5 Å². The number of amides is 2. The molecule has 6 heteroatoms. The van der Waals surface area contributed by atoms with Gasteiger partial charge in [0.05, 0.1) is 26.2 Å². The van der Waals surface area contributed by atoms with Crippen LogP contribution < -0.4 is 19.7 Å². The molecule has 0 fully saturated rings. The first-order valence-corrected chi connectivity index (χ1v) is 11.6. The predicted molar refractivity (Wildman–Crippen MR) is 133 cm³/mol. The second kappa shape index (κ2) is 10.4. The number of carbonyl (C=O) groups excluding carboxylic acids is 2. The summed E-state index contributed by atoms with van der Waals surface area (Å²) in [7, 11) is 3.22. The van der Waals surface area contributed by atoms with Crippen molar-refractivity contribution < 1.29 is 19.1 Å². The van der Waals surface area contributed by atoms with Crippen LogP contribution in [0.2, 0.25) is 0 Å². The molecular weight excluding hydrogens is 428 g/mol. The molecule has 0 saturated heterocycles. The van der Waals surface area contributed by atoms with Gasteiger partial charge in [0.15, 0.2) is 0 Å². The van der Waals surface area contributed by atoms with Crippen LogP contribution in [0, 0.1) is 0 Å². The standard InChI is InChI=1S/C28H30N2O4/c1-4-5-18-29-27(31)25-23-8-6-7-9-24(23)28(32)30(20-12-16-22(34-3)17-13-20)26(25)19-10-14-21(33-2)15-11-19/h6-17,25-26H,4-5,18H2,1-3H3,(H,29,31)/t25-,26+/m0/s1. The fourth-order valence-electron chi connectivity index (χ4n) is 4.48. The quantitative estimate of drug-likeness (QED) is 0.477. The normalized spacial score (nSPS) is 17.1. The molecule has 4 rings (SSSR count). The number of nitrogens with one attached hydrogen (secondary N) is 1. The Hall–Kier alpha value is -3.80. The molecule has 2 atom stereocenters. The second-order valence-electron chi connectivity index (χ2n) is 8.30. The number of hydrogen-bond acceptors (Lipinski definition) is 4. The van der Waals surface area contributed by atoms with Gasteiger partial charge in [-0.05, 0) is 60.0 Å². The Kier molecular flexibility index (Phi) is 7.16. The lowest BCUT2D eigenvalue weighted by Gasteiger charge is -2.42. The van der Waals surface area contributed by atoms with E-state index in [0.29, 0.717) is 29.3 Å². The molecule has 0 aliphatic carbocycles. The molecule has 0 unspecified atom stereocenters. The number of ether oxygens (including phenoxy) is 2. The van der Waals surface area contributed by atoms with Crippen LogP contribution in [0.15, 0.2) is 72.8 Å². The van der Waals surface area contributed by atoms with Crippen LogP contribution in [-0.2, 0) is 4.79 Å². The third kappa shape index (κ3) is 4.49. The van der Waals surface area contributed by atoms with E-state index in [1.807, 2.05) is 66.7 Å². The topological polar surface area (TPSA) is 67.9 Å². The molecule has 3 aromatic rings. The van der Waals surface area contributed by atoms with Gasteiger partial charge in [-0.3, -0.25) is 14.5 Å². The van der Waals surface area contributed by atoms with Crippen LogP contribution in [0.1, 0.15) is 53.2 Å². The minimum Gasteiger partial charge on any atom is -0.497 e. The van der Waals surface area contributed by atoms with E-state index >= 15 is 0 Å². The Morgan fingerprint density at radius 1 is 0.912 bits per heavy atom. The van der Waals surface area contributed by atoms with Crippen LogP contribution in [0.4, 0.5) is 5.69 Å². The molecule has 0 bridgehead atoms. The number of methoxy groups -OCH3 is 2. The van der Waals surface area contributed by atoms with Crippen LogP contribution in [0.3, 0.4) is 0 Å². The van der Waals surface area contributed by atoms with Gasteiger partial charge >= 0.3 is 0 Å². The third-order valence-electron chi connectivity index (χ3n) is 6.26. The molecule has 2 amide bonds. The number of carbonyl (C=O) groups is 2. The van der Waals surface area contributed by atoms with Gasteiger partial charge in [-0.2, -0.15) is 0 Å². The minimum absolute atomic E-state index is 0.0901. The van der Waals surface area contributed by atoms with Crippen molar-refractivity contribution in [2.45, 2.75) is 31.7 Å². The lowest BCUT2D eigenvalue weighted by molar-refractivity contribution is -0.123. The van der Waals surface area contributed by atoms with Gasteiger partial charge in [0, 0.05) is 17.8 Å². The van der Waals surface area contributed by atoms with Gasteiger partial charge in [0.25, 0.3) is 5.91 Å². The SMILES string of the molecule is CCCCNC(=O)[C@H]1c2ccccc2C(=O)N(c2ccc(OC)cc2)[C@@H]1c1ccc(OC)cc1. The number of unbranched alkanes of at least 4 members (excludes halogenated alkanes) is 1. The lowest BCUT2D eigenvalue weighted by Crippen LogP contribution is -2.47. The largest absolute Gasteiger partial charge is 0.497 e. The lowest BCUT2D eigenvalue weighted by atomic mass is 9.78. The molecule has 0 saturated carbocycles. The van der Waals surface area contributed by atoms with Crippen molar-refractivity contribution in [1.29, 1.82) is 0 Å². The number of rotatable bonds is 8. The van der Waals surface area contributed by atoms with Crippen molar-refractivity contribution in [2.75, 3.05) is 25.7 Å². The molecule has 3 aromatic carbocycles. The molecule has 1 aliphatic heterocycles. The zero-order valence-corrected chi connectivity index (χ0v) is 19.8. The number of hydrogen-bond donors (Lipinski definition) is 1. The van der Waals surface area contributed by atoms with E-state index in [0.717, 1.165) is 24.0 Å². The van der Waals surface area contributed by atoms with Crippen molar-refractivity contribution in [3.63, 3.8) is 0 Å². The van der Waals surface area contributed by atoms with E-state index in [2.05, 4.69) is 12.2 Å². The van der Waals surface area contributed by atoms with Crippen LogP contribution in [0.25, 0.3) is 0 Å². The minimum atomic E-state index is -0.568. The predicted octanol–water partition coefficient (Wildman–Crippen LogP) is 5.11. The molecule has 0 radical (unpaired) electrons. The number of nitrogens with zero attached hydrogens (tertiary/aromatic N) is 1. The number of fused-ring (bicyclic) bond motifs is 1. The summed E-state index contributed by atoms with van der Waals surface area (Å²) < 4.78 is 10.6. The molecule has 6 nitrogen and oxygen atoms in total. The molecule has 176 valence electrons. The Morgan fingerprint density at radius 2 is 1.53 bits per heavy atom. The third-order valence-corrected chi connectivity index (χ3v) is 6.26. The fraction of sp³-hybridized carbons (Fsp3) is 0.286. The molecule has 34 heavy (non-hydrogen) atoms. The van der Waals surface area contributed by atoms with Gasteiger partial charge in [0.1, 0.15) is 11.5 Å². The van der Waals surface area contributed by atoms with Gasteiger partial charge in [-0.15, -0.1) is 0 Å². The maximum absolute atomic E-state index is 13.8. The molecule has 1 heterocycles. The summed E-state index contributed by atoms with van der Waals surface area (Å²) in [5, 5.41) is 3.10. The van der Waals surface area contributed by atoms with Crippen LogP contribution >= 0.6 is 0 Å². The maximum Gasteiger partial charge on any atom is 0.259 e. The highest BCUT2D eigenvalue weighted by Crippen LogP contribution is 2.45. The molecule has 1 N–H and O–H groups in total. The highest BCUT2D eigenvalue weighted by atomic mass is 16.5. The average molecular weight is 459 g/mol. The van der Waals surface area contributed by atoms with Gasteiger partial charge in [0.2, 0.25) is 5.91 Å². The van der Waals surface area contributed by atoms with Crippen molar-refractivity contribution in [1.82, 2.24) is 5.32 Å². The summed E-state index contributed by atoms with van der Waals surface area (Å²) in [4.78, 5) is 29.2. The monoisotopic (exact) mass is 458 g/mol. The van der Waals surface area contributed by atoms with Crippen molar-refractivity contribution in [2.24, 2.45) is 0 Å². The summed E-state index contributed by atoms with van der Waals surface area (Å²) in [5.41, 5.74) is 2.84. The number of anilines is 1. The molecular formula is C28H30N2O4. The van der Waals surface area contributed by atoms with Crippen molar-refractivity contribution >= 4 is 17.5 Å². The highest BCUT2D eigenvalue weighted by molar-refractivity contribution is 6.11. The van der Waals surface area contributed by atoms with E-state index in [1.165, 1.54) is 0 Å². The summed E-state index contributed by atoms with van der Waals surface area (Å²) in [6.07, 6.45) is 1.88. The summed E-state index contributed by atoms with van der Waals surface area (Å²) in [5.74, 6) is 0.614. The van der Waals surface area contributed by atoms with E-state index in [1.54, 1.807) is 25.2 Å². The smallest absolute Gasteiger partial charge is 0.259 e. The van der Waals surface area contributed by atoms with E-state index in [-0.39, 0.29) is 11.8 Å². The first-order valence-electron chi connectivity index (χ1n) is 11.6. The summed E-state index contributed by atoms with van der Waals surface area (Å²) in [6.45, 7) is 2.69. The Bertz CT molecular complexity index is 1140. The second-order valence-corrected chi connectivity index (χ2v) is 8.30. The molecule has 0 spiro atoms. The highest BCUT2D eigenvalue weighted by Gasteiger charge is 2.44. The molecule has 0 aromatic heterocycles. The van der Waals surface area contributed by atoms with E-state index in [9.17, 15) is 9.59 Å². The van der Waals surface area contributed by atoms with Gasteiger partial charge in [-0.25, -0.2) is 0 Å². The Morgan fingerprint density at radius 3 is 2.15 bits per heavy atom. The molecule has 1 aliphatic rings. The number of benzene rings is 3. The van der Waals surface area contributed by atoms with E-state index < -0.39 is 12.0 Å². The first-order chi connectivity index (χ1) is 16.6. The average Bonchev–Trinajstić information content (AvgIpc) is 2.89. The zero-order chi connectivity index (χ0) is 24.1. The maximum atomic E-state index is 13.8.